The summed E-state index contributed by atoms with van der Waals surface area (Å²) < 4.78 is 2.94. The normalized spacial score (nSPS) is 11.0. The van der Waals surface area contributed by atoms with Gasteiger partial charge in [-0.15, -0.1) is 0 Å². The predicted molar refractivity (Wildman–Crippen MR) is 90.9 cm³/mol. The van der Waals surface area contributed by atoms with Gasteiger partial charge in [0.2, 0.25) is 5.95 Å². The van der Waals surface area contributed by atoms with Crippen molar-refractivity contribution in [1.82, 2.24) is 29.1 Å². The quantitative estimate of drug-likeness (QED) is 0.573. The Bertz CT molecular complexity index is 1120. The molecule has 0 fully saturated rings. The van der Waals surface area contributed by atoms with E-state index in [-0.39, 0.29) is 29.6 Å². The summed E-state index contributed by atoms with van der Waals surface area (Å²) in [6.45, 7) is -0.0530. The van der Waals surface area contributed by atoms with Crippen LogP contribution in [-0.2, 0) is 6.54 Å². The highest BCUT2D eigenvalue weighted by atomic mass is 16.2. The first-order valence-corrected chi connectivity index (χ1v) is 7.46. The third-order valence-corrected chi connectivity index (χ3v) is 3.74. The maximum absolute atomic E-state index is 12.7. The van der Waals surface area contributed by atoms with Gasteiger partial charge < -0.3 is 10.3 Å². The third-order valence-electron chi connectivity index (χ3n) is 3.74. The van der Waals surface area contributed by atoms with Crippen LogP contribution in [0.4, 0.5) is 5.95 Å². The summed E-state index contributed by atoms with van der Waals surface area (Å²) >= 11 is 0. The summed E-state index contributed by atoms with van der Waals surface area (Å²) in [6.07, 6.45) is 4.55. The van der Waals surface area contributed by atoms with Gasteiger partial charge in [-0.3, -0.25) is 19.1 Å². The van der Waals surface area contributed by atoms with E-state index in [1.807, 2.05) is 30.3 Å². The van der Waals surface area contributed by atoms with Gasteiger partial charge in [0.05, 0.1) is 6.33 Å². The fourth-order valence-electron chi connectivity index (χ4n) is 2.61. The maximum Gasteiger partial charge on any atom is 0.280 e. The number of hydrogen-bond donors (Lipinski definition) is 2. The van der Waals surface area contributed by atoms with Gasteiger partial charge in [-0.2, -0.15) is 4.98 Å². The zero-order valence-electron chi connectivity index (χ0n) is 13.0. The molecule has 0 aliphatic carbocycles. The molecule has 0 radical (unpaired) electrons. The number of H-pyrrole nitrogens is 1. The Morgan fingerprint density at radius 3 is 2.80 bits per heavy atom. The van der Waals surface area contributed by atoms with Crippen molar-refractivity contribution in [1.29, 1.82) is 0 Å². The second-order valence-corrected chi connectivity index (χ2v) is 5.38. The molecule has 3 aromatic heterocycles. The average molecular weight is 335 g/mol. The van der Waals surface area contributed by atoms with Crippen LogP contribution in [0.5, 0.6) is 0 Å². The van der Waals surface area contributed by atoms with Gasteiger partial charge in [0.15, 0.2) is 11.2 Å². The van der Waals surface area contributed by atoms with E-state index in [2.05, 4.69) is 19.9 Å². The Balaban J connectivity index is 1.71. The second kappa shape index (κ2) is 5.71. The molecule has 0 aliphatic heterocycles. The lowest BCUT2D eigenvalue weighted by atomic mass is 10.2. The highest BCUT2D eigenvalue weighted by molar-refractivity contribution is 5.84. The van der Waals surface area contributed by atoms with E-state index in [1.54, 1.807) is 12.4 Å². The zero-order valence-corrected chi connectivity index (χ0v) is 13.0. The number of nitrogens with two attached hydrogens (primary N) is 1. The van der Waals surface area contributed by atoms with Crippen LogP contribution < -0.4 is 11.3 Å². The minimum absolute atomic E-state index is 0.0284. The third kappa shape index (κ3) is 2.57. The number of nitrogen functional groups attached to an aromatic ring is 1. The fraction of sp³-hybridized carbons (Fsp3) is 0.0625. The number of benzene rings is 1. The van der Waals surface area contributed by atoms with Crippen LogP contribution >= 0.6 is 0 Å². The lowest BCUT2D eigenvalue weighted by molar-refractivity contribution is 0.0894. The number of aromatic nitrogens is 6. The van der Waals surface area contributed by atoms with Crippen LogP contribution in [0, 0.1) is 0 Å². The molecule has 0 aliphatic rings. The SMILES string of the molecule is Nc1nc2c(ncn2CC(=O)n2ccnc2-c2ccccc2)c(=O)[nH]1. The van der Waals surface area contributed by atoms with Crippen molar-refractivity contribution < 1.29 is 4.79 Å². The number of anilines is 1. The highest BCUT2D eigenvalue weighted by Gasteiger charge is 2.16. The van der Waals surface area contributed by atoms with Crippen molar-refractivity contribution in [3.8, 4) is 11.4 Å². The molecule has 4 rings (SSSR count). The Kier molecular flexibility index (Phi) is 3.38. The molecule has 0 saturated heterocycles. The molecule has 25 heavy (non-hydrogen) atoms. The molecule has 9 heteroatoms. The molecule has 0 amide bonds. The van der Waals surface area contributed by atoms with Crippen molar-refractivity contribution in [2.45, 2.75) is 6.54 Å². The van der Waals surface area contributed by atoms with Crippen molar-refractivity contribution in [2.75, 3.05) is 5.73 Å². The summed E-state index contributed by atoms with van der Waals surface area (Å²) in [5.41, 5.74) is 6.35. The highest BCUT2D eigenvalue weighted by Crippen LogP contribution is 2.17. The minimum Gasteiger partial charge on any atom is -0.369 e. The minimum atomic E-state index is -0.443. The number of aromatic amines is 1. The lowest BCUT2D eigenvalue weighted by Crippen LogP contribution is -2.19. The Morgan fingerprint density at radius 2 is 2.00 bits per heavy atom. The molecule has 1 aromatic carbocycles. The van der Waals surface area contributed by atoms with E-state index < -0.39 is 5.56 Å². The standard InChI is InChI=1S/C16H13N7O2/c17-16-20-14-12(15(25)21-16)19-9-22(14)8-11(24)23-7-6-18-13(23)10-4-2-1-3-5-10/h1-7,9H,8H2,(H3,17,20,21,25). The van der Waals surface area contributed by atoms with Crippen LogP contribution in [0.25, 0.3) is 22.6 Å². The molecule has 0 atom stereocenters. The number of carbonyl (C=O) groups excluding carboxylic acids is 1. The Morgan fingerprint density at radius 1 is 1.20 bits per heavy atom. The van der Waals surface area contributed by atoms with Crippen LogP contribution in [0.1, 0.15) is 4.79 Å². The molecular formula is C16H13N7O2. The first-order chi connectivity index (χ1) is 12.1. The first kappa shape index (κ1) is 14.8. The smallest absolute Gasteiger partial charge is 0.280 e. The monoisotopic (exact) mass is 335 g/mol. The molecule has 0 unspecified atom stereocenters. The number of rotatable bonds is 3. The van der Waals surface area contributed by atoms with Gasteiger partial charge in [0.1, 0.15) is 12.4 Å². The van der Waals surface area contributed by atoms with Crippen molar-refractivity contribution in [2.24, 2.45) is 0 Å². The van der Waals surface area contributed by atoms with Gasteiger partial charge in [0, 0.05) is 18.0 Å². The van der Waals surface area contributed by atoms with Gasteiger partial charge >= 0.3 is 0 Å². The molecule has 0 saturated carbocycles. The molecular weight excluding hydrogens is 322 g/mol. The van der Waals surface area contributed by atoms with Crippen molar-refractivity contribution in [3.63, 3.8) is 0 Å². The Labute approximate surface area is 140 Å². The van der Waals surface area contributed by atoms with E-state index in [9.17, 15) is 9.59 Å². The number of hydrogen-bond acceptors (Lipinski definition) is 6. The first-order valence-electron chi connectivity index (χ1n) is 7.46. The van der Waals surface area contributed by atoms with E-state index in [1.165, 1.54) is 15.5 Å². The maximum atomic E-state index is 12.7. The summed E-state index contributed by atoms with van der Waals surface area (Å²) in [4.78, 5) is 39.2. The average Bonchev–Trinajstić information content (AvgIpc) is 3.23. The van der Waals surface area contributed by atoms with Crippen molar-refractivity contribution in [3.05, 3.63) is 59.4 Å². The van der Waals surface area contributed by atoms with Gasteiger partial charge in [-0.1, -0.05) is 30.3 Å². The fourth-order valence-corrected chi connectivity index (χ4v) is 2.61. The van der Waals surface area contributed by atoms with Crippen LogP contribution in [0.3, 0.4) is 0 Å². The van der Waals surface area contributed by atoms with Crippen molar-refractivity contribution >= 4 is 23.0 Å². The number of imidazole rings is 2. The summed E-state index contributed by atoms with van der Waals surface area (Å²) in [5.74, 6) is 0.274. The second-order valence-electron chi connectivity index (χ2n) is 5.38. The largest absolute Gasteiger partial charge is 0.369 e. The number of carbonyl (C=O) groups is 1. The van der Waals surface area contributed by atoms with Gasteiger partial charge in [-0.05, 0) is 0 Å². The summed E-state index contributed by atoms with van der Waals surface area (Å²) in [7, 11) is 0. The molecule has 3 N–H and O–H groups in total. The van der Waals surface area contributed by atoms with E-state index in [0.717, 1.165) is 5.56 Å². The number of nitrogens with one attached hydrogen (secondary N) is 1. The van der Waals surface area contributed by atoms with Crippen LogP contribution in [0.15, 0.2) is 53.8 Å². The lowest BCUT2D eigenvalue weighted by Gasteiger charge is -2.08. The zero-order chi connectivity index (χ0) is 17.4. The molecule has 0 bridgehead atoms. The number of nitrogens with zero attached hydrogens (tertiary/aromatic N) is 5. The molecule has 9 nitrogen and oxygen atoms in total. The summed E-state index contributed by atoms with van der Waals surface area (Å²) in [6, 6.07) is 9.40. The summed E-state index contributed by atoms with van der Waals surface area (Å²) in [5, 5.41) is 0. The van der Waals surface area contributed by atoms with Gasteiger partial charge in [0.25, 0.3) is 11.5 Å². The van der Waals surface area contributed by atoms with E-state index in [0.29, 0.717) is 5.82 Å². The molecule has 4 aromatic rings. The molecule has 124 valence electrons. The predicted octanol–water partition coefficient (Wildman–Crippen LogP) is 0.906. The number of fused-ring (bicyclic) bond motifs is 1. The Hall–Kier alpha value is -3.75. The van der Waals surface area contributed by atoms with Crippen LogP contribution in [0.2, 0.25) is 0 Å². The van der Waals surface area contributed by atoms with E-state index in [4.69, 9.17) is 5.73 Å². The molecule has 3 heterocycles. The van der Waals surface area contributed by atoms with E-state index >= 15 is 0 Å². The van der Waals surface area contributed by atoms with Gasteiger partial charge in [-0.25, -0.2) is 9.97 Å². The van der Waals surface area contributed by atoms with Crippen LogP contribution in [-0.4, -0.2) is 35.0 Å². The topological polar surface area (TPSA) is 124 Å². The molecule has 0 spiro atoms.